The van der Waals surface area contributed by atoms with E-state index >= 15 is 0 Å². The van der Waals surface area contributed by atoms with E-state index in [4.69, 9.17) is 33.3 Å². The summed E-state index contributed by atoms with van der Waals surface area (Å²) in [7, 11) is 1.54. The second-order valence-electron chi connectivity index (χ2n) is 8.50. The summed E-state index contributed by atoms with van der Waals surface area (Å²) < 4.78 is 11.7. The Labute approximate surface area is 216 Å². The number of carbonyl (C=O) groups is 1. The smallest absolute Gasteiger partial charge is 0.257 e. The number of allylic oxidation sites excluding steroid dienone is 1. The van der Waals surface area contributed by atoms with Crippen LogP contribution < -0.4 is 20.1 Å². The predicted octanol–water partition coefficient (Wildman–Crippen LogP) is 5.81. The van der Waals surface area contributed by atoms with Crippen molar-refractivity contribution in [3.05, 3.63) is 52.6 Å². The molecule has 9 heteroatoms. The summed E-state index contributed by atoms with van der Waals surface area (Å²) in [6, 6.07) is 9.26. The first-order chi connectivity index (χ1) is 16.9. The van der Waals surface area contributed by atoms with Gasteiger partial charge in [0.15, 0.2) is 5.11 Å². The van der Waals surface area contributed by atoms with Crippen molar-refractivity contribution in [3.63, 3.8) is 0 Å². The number of nitrogens with zero attached hydrogens (tertiary/aromatic N) is 2. The number of anilines is 1. The molecule has 4 rings (SSSR count). The van der Waals surface area contributed by atoms with E-state index in [2.05, 4.69) is 22.3 Å². The molecule has 2 aromatic carbocycles. The van der Waals surface area contributed by atoms with Crippen molar-refractivity contribution in [1.82, 2.24) is 10.2 Å². The molecule has 0 unspecified atom stereocenters. The Morgan fingerprint density at radius 1 is 1.23 bits per heavy atom. The van der Waals surface area contributed by atoms with Crippen LogP contribution in [0, 0.1) is 0 Å². The number of hydrogen-bond donors (Lipinski definition) is 2. The van der Waals surface area contributed by atoms with E-state index in [1.807, 2.05) is 24.0 Å². The summed E-state index contributed by atoms with van der Waals surface area (Å²) in [6.45, 7) is 7.03. The fourth-order valence-corrected chi connectivity index (χ4v) is 4.45. The van der Waals surface area contributed by atoms with E-state index in [1.165, 1.54) is 0 Å². The number of amides is 1. The number of nitrogens with one attached hydrogen (secondary N) is 2. The monoisotopic (exact) mass is 512 g/mol. The Balaban J connectivity index is 1.58. The lowest BCUT2D eigenvalue weighted by Gasteiger charge is -2.20. The van der Waals surface area contributed by atoms with Gasteiger partial charge < -0.3 is 25.0 Å². The van der Waals surface area contributed by atoms with Gasteiger partial charge in [-0.05, 0) is 75.8 Å². The molecule has 184 valence electrons. The van der Waals surface area contributed by atoms with Crippen LogP contribution in [0.15, 0.2) is 41.4 Å². The van der Waals surface area contributed by atoms with Gasteiger partial charge in [-0.25, -0.2) is 0 Å². The second kappa shape index (κ2) is 11.1. The number of rotatable bonds is 8. The lowest BCUT2D eigenvalue weighted by Crippen LogP contribution is -2.30. The molecule has 2 N–H and O–H groups in total. The quantitative estimate of drug-likeness (QED) is 0.264. The van der Waals surface area contributed by atoms with Crippen molar-refractivity contribution in [2.24, 2.45) is 4.99 Å². The maximum atomic E-state index is 13.2. The standard InChI is InChI=1S/C26H29ClN4O3S/c1-4-23(34-17-9-10-21(20(27)13-17)30-26(35)29-16-7-8-16)18-14-19(24(33-3)15-22(18)28-2)25(32)31-11-5-6-12-31/h4,9-10,13-16H,2,5-8,11-12H2,1,3H3,(H2,29,30,35)/b23-4+. The van der Waals surface area contributed by atoms with Crippen molar-refractivity contribution < 1.29 is 14.3 Å². The molecule has 2 aliphatic rings. The van der Waals surface area contributed by atoms with Crippen LogP contribution in [0.4, 0.5) is 11.4 Å². The minimum atomic E-state index is -0.0686. The third-order valence-electron chi connectivity index (χ3n) is 5.97. The molecule has 2 aromatic rings. The molecule has 0 aromatic heterocycles. The van der Waals surface area contributed by atoms with Crippen molar-refractivity contribution in [1.29, 1.82) is 0 Å². The minimum Gasteiger partial charge on any atom is -0.496 e. The molecular weight excluding hydrogens is 484 g/mol. The van der Waals surface area contributed by atoms with E-state index in [9.17, 15) is 4.79 Å². The number of aliphatic imine (C=N–C) groups is 1. The third kappa shape index (κ3) is 5.94. The summed E-state index contributed by atoms with van der Waals surface area (Å²) in [4.78, 5) is 19.2. The largest absolute Gasteiger partial charge is 0.496 e. The Morgan fingerprint density at radius 3 is 2.57 bits per heavy atom. The highest BCUT2D eigenvalue weighted by Crippen LogP contribution is 2.37. The topological polar surface area (TPSA) is 75.2 Å². The zero-order valence-corrected chi connectivity index (χ0v) is 21.5. The Kier molecular flexibility index (Phi) is 7.93. The molecule has 1 aliphatic heterocycles. The Bertz CT molecular complexity index is 1170. The number of hydrogen-bond acceptors (Lipinski definition) is 5. The van der Waals surface area contributed by atoms with Crippen LogP contribution in [0.1, 0.15) is 48.5 Å². The lowest BCUT2D eigenvalue weighted by atomic mass is 10.0. The highest BCUT2D eigenvalue weighted by atomic mass is 35.5. The van der Waals surface area contributed by atoms with Crippen molar-refractivity contribution >= 4 is 58.7 Å². The third-order valence-corrected chi connectivity index (χ3v) is 6.50. The van der Waals surface area contributed by atoms with Gasteiger partial charge in [0.1, 0.15) is 17.3 Å². The van der Waals surface area contributed by atoms with E-state index in [0.717, 1.165) is 38.8 Å². The molecular formula is C26H29ClN4O3S. The average Bonchev–Trinajstić information content (AvgIpc) is 3.50. The van der Waals surface area contributed by atoms with Gasteiger partial charge in [-0.15, -0.1) is 0 Å². The molecule has 1 saturated carbocycles. The van der Waals surface area contributed by atoms with Crippen LogP contribution in [-0.2, 0) is 0 Å². The summed E-state index contributed by atoms with van der Waals surface area (Å²) >= 11 is 11.8. The van der Waals surface area contributed by atoms with E-state index in [-0.39, 0.29) is 5.91 Å². The molecule has 7 nitrogen and oxygen atoms in total. The van der Waals surface area contributed by atoms with Gasteiger partial charge in [-0.3, -0.25) is 9.79 Å². The molecule has 35 heavy (non-hydrogen) atoms. The molecule has 0 radical (unpaired) electrons. The van der Waals surface area contributed by atoms with Crippen molar-refractivity contribution in [3.8, 4) is 11.5 Å². The number of methoxy groups -OCH3 is 1. The van der Waals surface area contributed by atoms with E-state index in [0.29, 0.717) is 55.9 Å². The van der Waals surface area contributed by atoms with E-state index in [1.54, 1.807) is 31.4 Å². The van der Waals surface area contributed by atoms with Gasteiger partial charge >= 0.3 is 0 Å². The van der Waals surface area contributed by atoms with Gasteiger partial charge in [0.05, 0.1) is 29.1 Å². The normalized spacial score (nSPS) is 15.5. The first kappa shape index (κ1) is 25.0. The molecule has 0 bridgehead atoms. The first-order valence-corrected chi connectivity index (χ1v) is 12.4. The van der Waals surface area contributed by atoms with E-state index < -0.39 is 0 Å². The number of benzene rings is 2. The molecule has 0 atom stereocenters. The van der Waals surface area contributed by atoms with Crippen molar-refractivity contribution in [2.45, 2.75) is 38.6 Å². The summed E-state index contributed by atoms with van der Waals surface area (Å²) in [5, 5.41) is 7.37. The molecule has 1 aliphatic carbocycles. The number of halogens is 1. The van der Waals surface area contributed by atoms with Gasteiger partial charge in [0.2, 0.25) is 0 Å². The molecule has 1 saturated heterocycles. The Hall–Kier alpha value is -3.10. The van der Waals surface area contributed by atoms with Gasteiger partial charge in [-0.2, -0.15) is 0 Å². The minimum absolute atomic E-state index is 0.0686. The molecule has 2 fully saturated rings. The summed E-state index contributed by atoms with van der Waals surface area (Å²) in [6.07, 6.45) is 6.08. The highest BCUT2D eigenvalue weighted by molar-refractivity contribution is 7.80. The van der Waals surface area contributed by atoms with Crippen molar-refractivity contribution in [2.75, 3.05) is 25.5 Å². The summed E-state index contributed by atoms with van der Waals surface area (Å²) in [5.74, 6) is 1.44. The predicted molar refractivity (Wildman–Crippen MR) is 145 cm³/mol. The number of thiocarbonyl (C=S) groups is 1. The van der Waals surface area contributed by atoms with Crippen LogP contribution in [0.25, 0.3) is 5.76 Å². The number of ether oxygens (including phenoxy) is 2. The van der Waals surface area contributed by atoms with Gasteiger partial charge in [-0.1, -0.05) is 11.6 Å². The van der Waals surface area contributed by atoms with Gasteiger partial charge in [0, 0.05) is 36.8 Å². The maximum absolute atomic E-state index is 13.2. The highest BCUT2D eigenvalue weighted by Gasteiger charge is 2.25. The van der Waals surface area contributed by atoms with Crippen LogP contribution in [0.2, 0.25) is 5.02 Å². The first-order valence-electron chi connectivity index (χ1n) is 11.6. The fraction of sp³-hybridized carbons (Fsp3) is 0.346. The second-order valence-corrected chi connectivity index (χ2v) is 9.31. The fourth-order valence-electron chi connectivity index (χ4n) is 3.95. The molecule has 0 spiro atoms. The van der Waals surface area contributed by atoms with Gasteiger partial charge in [0.25, 0.3) is 5.91 Å². The zero-order valence-electron chi connectivity index (χ0n) is 19.9. The maximum Gasteiger partial charge on any atom is 0.257 e. The Morgan fingerprint density at radius 2 is 1.97 bits per heavy atom. The zero-order chi connectivity index (χ0) is 24.9. The average molecular weight is 513 g/mol. The molecule has 1 amide bonds. The number of carbonyl (C=O) groups excluding carboxylic acids is 1. The van der Waals surface area contributed by atoms with Crippen LogP contribution in [0.5, 0.6) is 11.5 Å². The van der Waals surface area contributed by atoms with Crippen LogP contribution in [0.3, 0.4) is 0 Å². The van der Waals surface area contributed by atoms with Crippen LogP contribution >= 0.6 is 23.8 Å². The summed E-state index contributed by atoms with van der Waals surface area (Å²) in [5.41, 5.74) is 2.34. The lowest BCUT2D eigenvalue weighted by molar-refractivity contribution is 0.0789. The van der Waals surface area contributed by atoms with Crippen LogP contribution in [-0.4, -0.2) is 48.9 Å². The SMILES string of the molecule is C=Nc1cc(OC)c(C(=O)N2CCCC2)cc1/C(=C\C)Oc1ccc(NC(=S)NC2CC2)c(Cl)c1. The molecule has 1 heterocycles. The number of likely N-dealkylation sites (tertiary alicyclic amines) is 1.